The Kier molecular flexibility index (Phi) is 10.4. The molecule has 4 fully saturated rings. The van der Waals surface area contributed by atoms with Gasteiger partial charge in [0.15, 0.2) is 0 Å². The molecule has 0 aromatic heterocycles. The summed E-state index contributed by atoms with van der Waals surface area (Å²) in [6.45, 7) is 15.2. The van der Waals surface area contributed by atoms with E-state index in [4.69, 9.17) is 18.9 Å². The van der Waals surface area contributed by atoms with Gasteiger partial charge in [0.25, 0.3) is 0 Å². The van der Waals surface area contributed by atoms with Gasteiger partial charge < -0.3 is 34.3 Å². The zero-order valence-electron chi connectivity index (χ0n) is 25.6. The minimum absolute atomic E-state index is 0.0685. The molecule has 3 heterocycles. The van der Waals surface area contributed by atoms with Crippen LogP contribution in [-0.2, 0) is 23.7 Å². The van der Waals surface area contributed by atoms with E-state index in [0.29, 0.717) is 32.9 Å². The average Bonchev–Trinajstić information content (AvgIpc) is 3.69. The van der Waals surface area contributed by atoms with E-state index in [-0.39, 0.29) is 47.0 Å². The average molecular weight is 575 g/mol. The lowest BCUT2D eigenvalue weighted by atomic mass is 9.65. The van der Waals surface area contributed by atoms with Crippen molar-refractivity contribution in [2.75, 3.05) is 32.9 Å². The van der Waals surface area contributed by atoms with Crippen molar-refractivity contribution >= 4 is 12.0 Å². The Bertz CT molecular complexity index is 1010. The second-order valence-electron chi connectivity index (χ2n) is 13.3. The van der Waals surface area contributed by atoms with E-state index in [0.717, 1.165) is 31.3 Å². The van der Waals surface area contributed by atoms with Crippen molar-refractivity contribution in [3.63, 3.8) is 0 Å². The van der Waals surface area contributed by atoms with Gasteiger partial charge in [0.05, 0.1) is 44.2 Å². The number of hydrogen-bond donors (Lipinski definition) is 2. The van der Waals surface area contributed by atoms with E-state index in [2.05, 4.69) is 51.2 Å². The summed E-state index contributed by atoms with van der Waals surface area (Å²) in [5, 5.41) is 13.9. The molecule has 1 spiro atoms. The molecule has 3 saturated heterocycles. The quantitative estimate of drug-likeness (QED) is 0.255. The Hall–Kier alpha value is -2.20. The fraction of sp³-hybridized carbons (Fsp3) is 0.750. The third kappa shape index (κ3) is 8.66. The highest BCUT2D eigenvalue weighted by molar-refractivity contribution is 5.87. The molecule has 41 heavy (non-hydrogen) atoms. The van der Waals surface area contributed by atoms with E-state index in [1.165, 1.54) is 6.08 Å². The maximum absolute atomic E-state index is 12.6. The Balaban J connectivity index is 1.21. The van der Waals surface area contributed by atoms with Crippen molar-refractivity contribution in [1.29, 1.82) is 0 Å². The van der Waals surface area contributed by atoms with Gasteiger partial charge in [-0.1, -0.05) is 44.6 Å². The fourth-order valence-electron chi connectivity index (χ4n) is 6.50. The molecule has 8 atom stereocenters. The van der Waals surface area contributed by atoms with Gasteiger partial charge in [0.2, 0.25) is 5.91 Å². The van der Waals surface area contributed by atoms with Crippen LogP contribution in [0.2, 0.25) is 0 Å². The molecule has 0 aromatic carbocycles. The lowest BCUT2D eigenvalue weighted by molar-refractivity contribution is -0.123. The van der Waals surface area contributed by atoms with Crippen LogP contribution in [0.4, 0.5) is 4.79 Å². The van der Waals surface area contributed by atoms with Crippen LogP contribution < -0.4 is 5.32 Å². The van der Waals surface area contributed by atoms with E-state index < -0.39 is 18.3 Å². The number of aliphatic hydroxyl groups excluding tert-OH is 1. The van der Waals surface area contributed by atoms with E-state index in [1.807, 2.05) is 6.92 Å². The summed E-state index contributed by atoms with van der Waals surface area (Å²) in [4.78, 5) is 26.4. The smallest absolute Gasteiger partial charge is 0.410 e. The number of carbonyl (C=O) groups excluding carboxylic acids is 2. The van der Waals surface area contributed by atoms with Crippen LogP contribution in [0.25, 0.3) is 0 Å². The number of amides is 2. The first kappa shape index (κ1) is 31.7. The molecular formula is C32H50N2O7. The molecule has 9 nitrogen and oxygen atoms in total. The van der Waals surface area contributed by atoms with Gasteiger partial charge in [-0.2, -0.15) is 0 Å². The number of allylic oxidation sites excluding steroid dienone is 2. The molecule has 9 heteroatoms. The van der Waals surface area contributed by atoms with E-state index in [9.17, 15) is 14.7 Å². The third-order valence-corrected chi connectivity index (χ3v) is 8.92. The van der Waals surface area contributed by atoms with Gasteiger partial charge in [0.1, 0.15) is 11.7 Å². The molecule has 0 unspecified atom stereocenters. The number of rotatable bonds is 8. The zero-order valence-corrected chi connectivity index (χ0v) is 25.6. The molecule has 4 rings (SSSR count). The molecule has 230 valence electrons. The van der Waals surface area contributed by atoms with Crippen molar-refractivity contribution in [1.82, 2.24) is 10.2 Å². The fourth-order valence-corrected chi connectivity index (χ4v) is 6.50. The lowest BCUT2D eigenvalue weighted by Gasteiger charge is -2.41. The highest BCUT2D eigenvalue weighted by Crippen LogP contribution is 2.52. The molecule has 1 aliphatic carbocycles. The number of aliphatic hydroxyl groups is 1. The van der Waals surface area contributed by atoms with E-state index in [1.54, 1.807) is 17.9 Å². The first-order valence-electron chi connectivity index (χ1n) is 15.2. The lowest BCUT2D eigenvalue weighted by Crippen LogP contribution is -2.50. The Labute approximate surface area is 245 Å². The first-order valence-corrected chi connectivity index (χ1v) is 15.2. The van der Waals surface area contributed by atoms with Gasteiger partial charge in [-0.05, 0) is 63.9 Å². The molecule has 3 aliphatic heterocycles. The molecule has 0 radical (unpaired) electrons. The number of nitrogens with zero attached hydrogens (tertiary/aromatic N) is 1. The number of hydrogen-bond acceptors (Lipinski definition) is 7. The van der Waals surface area contributed by atoms with Gasteiger partial charge in [-0.3, -0.25) is 4.79 Å². The van der Waals surface area contributed by atoms with Gasteiger partial charge in [-0.25, -0.2) is 4.79 Å². The standard InChI is InChI=1S/C32H50N2O7/c1-21(7-10-25-18-31(5,6)19-32(20-39-32)29(25)36)8-11-27-22(2)17-26(24(4)41-27)33-28(35)12-9-23(3)40-30(37)34-13-15-38-16-14-34/h7-10,12,22-27,29,36H,11,13-20H2,1-6H3,(H,33,35)/t22-,23-,24+,25-,26+,27-,29+,32+/m0/s1. The number of nitrogens with one attached hydrogen (secondary N) is 1. The highest BCUT2D eigenvalue weighted by atomic mass is 16.6. The third-order valence-electron chi connectivity index (χ3n) is 8.92. The molecular weight excluding hydrogens is 524 g/mol. The topological polar surface area (TPSA) is 110 Å². The molecule has 2 amide bonds. The maximum atomic E-state index is 12.6. The van der Waals surface area contributed by atoms with Crippen molar-refractivity contribution in [2.24, 2.45) is 17.3 Å². The van der Waals surface area contributed by atoms with Crippen LogP contribution in [0.15, 0.2) is 36.0 Å². The minimum atomic E-state index is -0.514. The minimum Gasteiger partial charge on any atom is -0.442 e. The van der Waals surface area contributed by atoms with Gasteiger partial charge >= 0.3 is 6.09 Å². The van der Waals surface area contributed by atoms with E-state index >= 15 is 0 Å². The monoisotopic (exact) mass is 574 g/mol. The van der Waals surface area contributed by atoms with Crippen LogP contribution in [0.1, 0.15) is 67.2 Å². The molecule has 0 aromatic rings. The summed E-state index contributed by atoms with van der Waals surface area (Å²) < 4.78 is 22.7. The van der Waals surface area contributed by atoms with Crippen LogP contribution in [-0.4, -0.2) is 91.0 Å². The largest absolute Gasteiger partial charge is 0.442 e. The van der Waals surface area contributed by atoms with Crippen LogP contribution in [0, 0.1) is 17.3 Å². The van der Waals surface area contributed by atoms with Crippen molar-refractivity contribution in [3.05, 3.63) is 36.0 Å². The summed E-state index contributed by atoms with van der Waals surface area (Å²) in [6.07, 6.45) is 11.6. The first-order chi connectivity index (χ1) is 19.4. The number of morpholine rings is 1. The summed E-state index contributed by atoms with van der Waals surface area (Å²) in [5.41, 5.74) is 0.963. The van der Waals surface area contributed by atoms with Crippen molar-refractivity contribution in [2.45, 2.75) is 103 Å². The molecule has 0 bridgehead atoms. The van der Waals surface area contributed by atoms with Crippen molar-refractivity contribution in [3.8, 4) is 0 Å². The number of ether oxygens (including phenoxy) is 4. The SMILES string of the molecule is CC(C=C[C@H]1CC(C)(C)C[C@@]2(CO2)[C@@H]1O)=CC[C@@H]1O[C@H](C)[C@H](NC(=O)C=C[C@H](C)OC(=O)N2CCOCC2)C[C@@H]1C. The second-order valence-corrected chi connectivity index (χ2v) is 13.3. The summed E-state index contributed by atoms with van der Waals surface area (Å²) in [7, 11) is 0. The van der Waals surface area contributed by atoms with Crippen LogP contribution >= 0.6 is 0 Å². The van der Waals surface area contributed by atoms with Crippen LogP contribution in [0.5, 0.6) is 0 Å². The molecule has 4 aliphatic rings. The predicted molar refractivity (Wildman–Crippen MR) is 156 cm³/mol. The van der Waals surface area contributed by atoms with Crippen molar-refractivity contribution < 1.29 is 33.6 Å². The van der Waals surface area contributed by atoms with Gasteiger partial charge in [0, 0.05) is 25.1 Å². The second kappa shape index (κ2) is 13.4. The van der Waals surface area contributed by atoms with Crippen LogP contribution in [0.3, 0.4) is 0 Å². The normalized spacial score (nSPS) is 36.5. The summed E-state index contributed by atoms with van der Waals surface area (Å²) in [5.74, 6) is 0.139. The maximum Gasteiger partial charge on any atom is 0.410 e. The summed E-state index contributed by atoms with van der Waals surface area (Å²) in [6, 6.07) is -0.0947. The summed E-state index contributed by atoms with van der Waals surface area (Å²) >= 11 is 0. The van der Waals surface area contributed by atoms with Gasteiger partial charge in [-0.15, -0.1) is 0 Å². The Morgan fingerprint density at radius 1 is 1.20 bits per heavy atom. The molecule has 2 N–H and O–H groups in total. The number of epoxide rings is 1. The highest BCUT2D eigenvalue weighted by Gasteiger charge is 2.59. The Morgan fingerprint density at radius 2 is 1.90 bits per heavy atom. The Morgan fingerprint density at radius 3 is 2.59 bits per heavy atom. The zero-order chi connectivity index (χ0) is 29.8. The number of carbonyl (C=O) groups is 2. The molecule has 1 saturated carbocycles. The predicted octanol–water partition coefficient (Wildman–Crippen LogP) is 4.16.